The molecule has 2 aromatic rings. The Morgan fingerprint density at radius 3 is 3.00 bits per heavy atom. The van der Waals surface area contributed by atoms with Crippen LogP contribution in [0.15, 0.2) is 42.7 Å². The third-order valence-electron chi connectivity index (χ3n) is 3.63. The van der Waals surface area contributed by atoms with Crippen molar-refractivity contribution >= 4 is 5.69 Å². The molecule has 1 saturated heterocycles. The fraction of sp³-hybridized carbons (Fsp3) is 0.400. The molecular formula is C15H19N3O. The second-order valence-electron chi connectivity index (χ2n) is 4.98. The van der Waals surface area contributed by atoms with Gasteiger partial charge in [-0.2, -0.15) is 5.10 Å². The first-order chi connectivity index (χ1) is 9.33. The molecule has 1 N–H and O–H groups in total. The summed E-state index contributed by atoms with van der Waals surface area (Å²) >= 11 is 0. The lowest BCUT2D eigenvalue weighted by Crippen LogP contribution is -2.27. The average Bonchev–Trinajstić information content (AvgIpc) is 3.05. The van der Waals surface area contributed by atoms with Crippen molar-refractivity contribution in [2.75, 3.05) is 11.9 Å². The zero-order chi connectivity index (χ0) is 13.1. The van der Waals surface area contributed by atoms with Crippen LogP contribution in [0.4, 0.5) is 5.69 Å². The van der Waals surface area contributed by atoms with Crippen LogP contribution in [0.2, 0.25) is 0 Å². The molecule has 1 aromatic heterocycles. The highest BCUT2D eigenvalue weighted by Crippen LogP contribution is 2.22. The molecule has 1 aliphatic heterocycles. The van der Waals surface area contributed by atoms with Crippen LogP contribution in [0.5, 0.6) is 0 Å². The number of nitrogens with one attached hydrogen (secondary N) is 1. The van der Waals surface area contributed by atoms with E-state index in [4.69, 9.17) is 4.74 Å². The van der Waals surface area contributed by atoms with E-state index in [0.717, 1.165) is 19.6 Å². The van der Waals surface area contributed by atoms with Gasteiger partial charge in [0.2, 0.25) is 0 Å². The van der Waals surface area contributed by atoms with Crippen LogP contribution in [-0.2, 0) is 11.3 Å². The Labute approximate surface area is 113 Å². The molecule has 19 heavy (non-hydrogen) atoms. The number of hydrogen-bond donors (Lipinski definition) is 1. The third-order valence-corrected chi connectivity index (χ3v) is 3.63. The number of benzene rings is 1. The van der Waals surface area contributed by atoms with Crippen molar-refractivity contribution in [2.45, 2.75) is 32.0 Å². The first-order valence-electron chi connectivity index (χ1n) is 6.76. The van der Waals surface area contributed by atoms with Crippen molar-refractivity contribution in [3.8, 4) is 0 Å². The van der Waals surface area contributed by atoms with Gasteiger partial charge in [0.15, 0.2) is 0 Å². The van der Waals surface area contributed by atoms with E-state index in [0.29, 0.717) is 6.04 Å². The van der Waals surface area contributed by atoms with Crippen LogP contribution in [0, 0.1) is 0 Å². The van der Waals surface area contributed by atoms with Gasteiger partial charge in [-0.15, -0.1) is 0 Å². The van der Waals surface area contributed by atoms with Crippen molar-refractivity contribution in [2.24, 2.45) is 0 Å². The molecule has 4 heteroatoms. The summed E-state index contributed by atoms with van der Waals surface area (Å²) in [6, 6.07) is 10.8. The molecule has 0 aliphatic carbocycles. The van der Waals surface area contributed by atoms with Crippen LogP contribution in [0.3, 0.4) is 0 Å². The van der Waals surface area contributed by atoms with E-state index in [1.54, 1.807) is 0 Å². The predicted molar refractivity (Wildman–Crippen MR) is 75.2 cm³/mol. The van der Waals surface area contributed by atoms with Crippen LogP contribution >= 0.6 is 0 Å². The van der Waals surface area contributed by atoms with Gasteiger partial charge >= 0.3 is 0 Å². The fourth-order valence-electron chi connectivity index (χ4n) is 2.49. The lowest BCUT2D eigenvalue weighted by atomic mass is 10.1. The fourth-order valence-corrected chi connectivity index (χ4v) is 2.49. The Morgan fingerprint density at radius 2 is 2.26 bits per heavy atom. The van der Waals surface area contributed by atoms with E-state index in [1.807, 2.05) is 23.1 Å². The van der Waals surface area contributed by atoms with E-state index in [9.17, 15) is 0 Å². The van der Waals surface area contributed by atoms with Gasteiger partial charge in [-0.05, 0) is 31.0 Å². The Kier molecular flexibility index (Phi) is 3.51. The molecule has 100 valence electrons. The molecule has 1 aromatic carbocycles. The first kappa shape index (κ1) is 12.2. The molecule has 4 nitrogen and oxygen atoms in total. The predicted octanol–water partition coefficient (Wildman–Crippen LogP) is 2.52. The Balaban J connectivity index is 1.77. The minimum Gasteiger partial charge on any atom is -0.379 e. The van der Waals surface area contributed by atoms with Gasteiger partial charge in [-0.3, -0.25) is 4.68 Å². The van der Waals surface area contributed by atoms with Crippen molar-refractivity contribution in [1.82, 2.24) is 9.78 Å². The highest BCUT2D eigenvalue weighted by Gasteiger charge is 2.24. The Hall–Kier alpha value is -1.81. The monoisotopic (exact) mass is 257 g/mol. The maximum atomic E-state index is 5.60. The molecule has 2 heterocycles. The highest BCUT2D eigenvalue weighted by atomic mass is 16.5. The van der Waals surface area contributed by atoms with Crippen molar-refractivity contribution in [1.29, 1.82) is 0 Å². The third kappa shape index (κ3) is 2.79. The summed E-state index contributed by atoms with van der Waals surface area (Å²) in [6.07, 6.45) is 5.14. The largest absolute Gasteiger partial charge is 0.379 e. The standard InChI is InChI=1S/C15H19N3O/c1-12-14(7-10-19-12)17-15-6-3-2-5-13(15)11-18-9-4-8-16-18/h2-6,8-9,12,14,17H,7,10-11H2,1H3. The maximum absolute atomic E-state index is 5.60. The summed E-state index contributed by atoms with van der Waals surface area (Å²) < 4.78 is 7.54. The SMILES string of the molecule is CC1OCCC1Nc1ccccc1Cn1cccn1. The van der Waals surface area contributed by atoms with E-state index < -0.39 is 0 Å². The molecule has 0 saturated carbocycles. The quantitative estimate of drug-likeness (QED) is 0.914. The number of rotatable bonds is 4. The van der Waals surface area contributed by atoms with Gasteiger partial charge in [0.25, 0.3) is 0 Å². The van der Waals surface area contributed by atoms with E-state index in [1.165, 1.54) is 11.3 Å². The van der Waals surface area contributed by atoms with Crippen LogP contribution < -0.4 is 5.32 Å². The van der Waals surface area contributed by atoms with Crippen LogP contribution in [0.25, 0.3) is 0 Å². The molecule has 2 atom stereocenters. The molecule has 0 bridgehead atoms. The summed E-state index contributed by atoms with van der Waals surface area (Å²) in [5.41, 5.74) is 2.44. The summed E-state index contributed by atoms with van der Waals surface area (Å²) in [7, 11) is 0. The number of anilines is 1. The summed E-state index contributed by atoms with van der Waals surface area (Å²) in [5.74, 6) is 0. The van der Waals surface area contributed by atoms with Gasteiger partial charge in [0, 0.05) is 24.7 Å². The topological polar surface area (TPSA) is 39.1 Å². The van der Waals surface area contributed by atoms with Crippen LogP contribution in [0.1, 0.15) is 18.9 Å². The van der Waals surface area contributed by atoms with Crippen molar-refractivity contribution in [3.05, 3.63) is 48.3 Å². The summed E-state index contributed by atoms with van der Waals surface area (Å²) in [5, 5.41) is 7.87. The molecule has 0 spiro atoms. The zero-order valence-electron chi connectivity index (χ0n) is 11.1. The zero-order valence-corrected chi connectivity index (χ0v) is 11.1. The van der Waals surface area contributed by atoms with E-state index in [-0.39, 0.29) is 6.10 Å². The minimum absolute atomic E-state index is 0.276. The first-order valence-corrected chi connectivity index (χ1v) is 6.76. The molecule has 1 fully saturated rings. The van der Waals surface area contributed by atoms with Gasteiger partial charge < -0.3 is 10.1 Å². The van der Waals surface area contributed by atoms with E-state index >= 15 is 0 Å². The van der Waals surface area contributed by atoms with Crippen molar-refractivity contribution < 1.29 is 4.74 Å². The van der Waals surface area contributed by atoms with Gasteiger partial charge in [0.05, 0.1) is 18.7 Å². The maximum Gasteiger partial charge on any atom is 0.0748 e. The molecule has 1 aliphatic rings. The summed E-state index contributed by atoms with van der Waals surface area (Å²) in [4.78, 5) is 0. The minimum atomic E-state index is 0.276. The molecule has 0 radical (unpaired) electrons. The molecule has 3 rings (SSSR count). The molecular weight excluding hydrogens is 238 g/mol. The summed E-state index contributed by atoms with van der Waals surface area (Å²) in [6.45, 7) is 3.76. The Bertz CT molecular complexity index is 524. The highest BCUT2D eigenvalue weighted by molar-refractivity contribution is 5.52. The lowest BCUT2D eigenvalue weighted by molar-refractivity contribution is 0.121. The smallest absolute Gasteiger partial charge is 0.0748 e. The second kappa shape index (κ2) is 5.45. The van der Waals surface area contributed by atoms with Gasteiger partial charge in [-0.25, -0.2) is 0 Å². The number of aromatic nitrogens is 2. The molecule has 0 amide bonds. The van der Waals surface area contributed by atoms with Crippen molar-refractivity contribution in [3.63, 3.8) is 0 Å². The number of hydrogen-bond acceptors (Lipinski definition) is 3. The second-order valence-corrected chi connectivity index (χ2v) is 4.98. The van der Waals surface area contributed by atoms with Crippen LogP contribution in [-0.4, -0.2) is 28.5 Å². The number of nitrogens with zero attached hydrogens (tertiary/aromatic N) is 2. The average molecular weight is 257 g/mol. The number of ether oxygens (including phenoxy) is 1. The van der Waals surface area contributed by atoms with Gasteiger partial charge in [0.1, 0.15) is 0 Å². The lowest BCUT2D eigenvalue weighted by Gasteiger charge is -2.20. The normalized spacial score (nSPS) is 22.6. The van der Waals surface area contributed by atoms with E-state index in [2.05, 4.69) is 41.6 Å². The molecule has 2 unspecified atom stereocenters. The van der Waals surface area contributed by atoms with Gasteiger partial charge in [-0.1, -0.05) is 18.2 Å². The Morgan fingerprint density at radius 1 is 1.37 bits per heavy atom. The number of para-hydroxylation sites is 1.